The van der Waals surface area contributed by atoms with E-state index in [1.807, 2.05) is 70.2 Å². The van der Waals surface area contributed by atoms with Gasteiger partial charge in [-0.1, -0.05) is 36.4 Å². The molecule has 0 fully saturated rings. The van der Waals surface area contributed by atoms with Gasteiger partial charge >= 0.3 is 5.97 Å². The highest BCUT2D eigenvalue weighted by Gasteiger charge is 2.21. The zero-order chi connectivity index (χ0) is 23.8. The van der Waals surface area contributed by atoms with Crippen molar-refractivity contribution in [2.45, 2.75) is 39.3 Å². The van der Waals surface area contributed by atoms with Crippen LogP contribution in [0, 0.1) is 6.92 Å². The van der Waals surface area contributed by atoms with Crippen LogP contribution in [-0.4, -0.2) is 29.8 Å². The Bertz CT molecular complexity index is 1060. The fourth-order valence-electron chi connectivity index (χ4n) is 3.10. The summed E-state index contributed by atoms with van der Waals surface area (Å²) < 4.78 is 17.0. The normalized spacial score (nSPS) is 12.1. The van der Waals surface area contributed by atoms with Crippen LogP contribution in [0.3, 0.4) is 0 Å². The fourth-order valence-corrected chi connectivity index (χ4v) is 3.10. The van der Waals surface area contributed by atoms with Crippen molar-refractivity contribution < 1.29 is 24.1 Å². The van der Waals surface area contributed by atoms with Gasteiger partial charge in [-0.25, -0.2) is 4.79 Å². The third kappa shape index (κ3) is 7.84. The number of carbonyl (C=O) groups excluding carboxylic acids is 1. The summed E-state index contributed by atoms with van der Waals surface area (Å²) in [6, 6.07) is 21.7. The molecule has 6 heteroatoms. The number of ether oxygens (including phenoxy) is 3. The van der Waals surface area contributed by atoms with Gasteiger partial charge in [0, 0.05) is 12.1 Å². The number of hydrogen-bond donors (Lipinski definition) is 2. The Labute approximate surface area is 195 Å². The van der Waals surface area contributed by atoms with Crippen LogP contribution >= 0.6 is 0 Å². The molecule has 6 nitrogen and oxygen atoms in total. The average Bonchev–Trinajstić information content (AvgIpc) is 2.77. The first-order chi connectivity index (χ1) is 15.7. The van der Waals surface area contributed by atoms with Crippen LogP contribution in [0.4, 0.5) is 0 Å². The van der Waals surface area contributed by atoms with Crippen molar-refractivity contribution in [1.29, 1.82) is 0 Å². The van der Waals surface area contributed by atoms with Gasteiger partial charge in [0.15, 0.2) is 18.1 Å². The van der Waals surface area contributed by atoms with Crippen LogP contribution < -0.4 is 14.8 Å². The lowest BCUT2D eigenvalue weighted by atomic mass is 10.1. The van der Waals surface area contributed by atoms with Gasteiger partial charge in [0.25, 0.3) is 0 Å². The zero-order valence-electron chi connectivity index (χ0n) is 19.5. The molecule has 2 N–H and O–H groups in total. The Morgan fingerprint density at radius 2 is 1.70 bits per heavy atom. The number of phenols is 1. The number of benzene rings is 3. The number of aromatic hydroxyl groups is 1. The van der Waals surface area contributed by atoms with E-state index in [0.29, 0.717) is 29.4 Å². The summed E-state index contributed by atoms with van der Waals surface area (Å²) in [6.07, 6.45) is -0.616. The molecule has 0 radical (unpaired) electrons. The van der Waals surface area contributed by atoms with Crippen molar-refractivity contribution in [3.8, 4) is 23.0 Å². The number of aryl methyl sites for hydroxylation is 1. The summed E-state index contributed by atoms with van der Waals surface area (Å²) >= 11 is 0. The molecule has 0 heterocycles. The van der Waals surface area contributed by atoms with E-state index in [9.17, 15) is 9.90 Å². The van der Waals surface area contributed by atoms with E-state index in [1.54, 1.807) is 30.3 Å². The standard InChI is InChI=1S/C27H31NO5/c1-19-9-8-12-22(15-19)32-24-14-13-20(16-23(24)29)25(17-28-27(2,3)4)33-26(30)18-31-21-10-6-5-7-11-21/h5-16,25,28-29H,17-18H2,1-4H3. The van der Waals surface area contributed by atoms with E-state index in [-0.39, 0.29) is 17.9 Å². The molecule has 1 unspecified atom stereocenters. The fraction of sp³-hybridized carbons (Fsp3) is 0.296. The molecule has 0 aliphatic carbocycles. The first kappa shape index (κ1) is 24.1. The third-order valence-corrected chi connectivity index (χ3v) is 4.76. The van der Waals surface area contributed by atoms with E-state index in [1.165, 1.54) is 0 Å². The molecule has 0 spiro atoms. The number of hydrogen-bond acceptors (Lipinski definition) is 6. The predicted molar refractivity (Wildman–Crippen MR) is 128 cm³/mol. The number of nitrogens with one attached hydrogen (secondary N) is 1. The molecule has 1 atom stereocenters. The Balaban J connectivity index is 1.72. The van der Waals surface area contributed by atoms with Gasteiger partial charge in [-0.15, -0.1) is 0 Å². The van der Waals surface area contributed by atoms with Crippen LogP contribution in [0.5, 0.6) is 23.0 Å². The summed E-state index contributed by atoms with van der Waals surface area (Å²) in [7, 11) is 0. The Morgan fingerprint density at radius 3 is 2.36 bits per heavy atom. The highest BCUT2D eigenvalue weighted by atomic mass is 16.6. The van der Waals surface area contributed by atoms with Crippen molar-refractivity contribution in [3.05, 3.63) is 83.9 Å². The molecule has 0 saturated heterocycles. The molecule has 0 saturated carbocycles. The molecular weight excluding hydrogens is 418 g/mol. The minimum Gasteiger partial charge on any atom is -0.504 e. The van der Waals surface area contributed by atoms with Crippen molar-refractivity contribution in [2.75, 3.05) is 13.2 Å². The largest absolute Gasteiger partial charge is 0.504 e. The molecule has 3 rings (SSSR count). The first-order valence-corrected chi connectivity index (χ1v) is 10.9. The molecule has 0 amide bonds. The summed E-state index contributed by atoms with van der Waals surface area (Å²) in [5.41, 5.74) is 1.53. The van der Waals surface area contributed by atoms with Crippen LogP contribution in [0.15, 0.2) is 72.8 Å². The summed E-state index contributed by atoms with van der Waals surface area (Å²) in [5.74, 6) is 1.01. The van der Waals surface area contributed by atoms with Crippen molar-refractivity contribution >= 4 is 5.97 Å². The third-order valence-electron chi connectivity index (χ3n) is 4.76. The van der Waals surface area contributed by atoms with Gasteiger partial charge in [0.1, 0.15) is 17.6 Å². The molecule has 3 aromatic carbocycles. The Morgan fingerprint density at radius 1 is 0.970 bits per heavy atom. The smallest absolute Gasteiger partial charge is 0.344 e. The molecule has 0 bridgehead atoms. The predicted octanol–water partition coefficient (Wildman–Crippen LogP) is 5.54. The molecule has 0 aromatic heterocycles. The van der Waals surface area contributed by atoms with Crippen LogP contribution in [-0.2, 0) is 9.53 Å². The number of carbonyl (C=O) groups is 1. The minimum absolute atomic E-state index is 0.0358. The topological polar surface area (TPSA) is 77.0 Å². The SMILES string of the molecule is Cc1cccc(Oc2ccc(C(CNC(C)(C)C)OC(=O)COc3ccccc3)cc2O)c1. The van der Waals surface area contributed by atoms with E-state index < -0.39 is 12.1 Å². The van der Waals surface area contributed by atoms with Gasteiger partial charge in [0.2, 0.25) is 0 Å². The molecule has 174 valence electrons. The Hall–Kier alpha value is -3.51. The molecular formula is C27H31NO5. The highest BCUT2D eigenvalue weighted by Crippen LogP contribution is 2.34. The van der Waals surface area contributed by atoms with Crippen molar-refractivity contribution in [3.63, 3.8) is 0 Å². The van der Waals surface area contributed by atoms with Crippen LogP contribution in [0.1, 0.15) is 38.0 Å². The maximum atomic E-state index is 12.5. The van der Waals surface area contributed by atoms with Gasteiger partial charge in [0.05, 0.1) is 0 Å². The number of phenolic OH excluding ortho intramolecular Hbond substituents is 1. The molecule has 33 heavy (non-hydrogen) atoms. The van der Waals surface area contributed by atoms with E-state index in [2.05, 4.69) is 5.32 Å². The lowest BCUT2D eigenvalue weighted by Crippen LogP contribution is -2.39. The quantitative estimate of drug-likeness (QED) is 0.418. The molecule has 3 aromatic rings. The number of esters is 1. The van der Waals surface area contributed by atoms with Crippen molar-refractivity contribution in [2.24, 2.45) is 0 Å². The van der Waals surface area contributed by atoms with E-state index in [4.69, 9.17) is 14.2 Å². The maximum Gasteiger partial charge on any atom is 0.344 e. The lowest BCUT2D eigenvalue weighted by Gasteiger charge is -2.26. The Kier molecular flexibility index (Phi) is 7.96. The molecule has 0 aliphatic rings. The lowest BCUT2D eigenvalue weighted by molar-refractivity contribution is -0.151. The second-order valence-electron chi connectivity index (χ2n) is 8.86. The van der Waals surface area contributed by atoms with E-state index >= 15 is 0 Å². The monoisotopic (exact) mass is 449 g/mol. The van der Waals surface area contributed by atoms with Crippen LogP contribution in [0.25, 0.3) is 0 Å². The number of rotatable bonds is 9. The minimum atomic E-state index is -0.616. The maximum absolute atomic E-state index is 12.5. The second kappa shape index (κ2) is 10.9. The number of para-hydroxylation sites is 1. The average molecular weight is 450 g/mol. The zero-order valence-corrected chi connectivity index (χ0v) is 19.5. The summed E-state index contributed by atoms with van der Waals surface area (Å²) in [4.78, 5) is 12.5. The second-order valence-corrected chi connectivity index (χ2v) is 8.86. The van der Waals surface area contributed by atoms with Crippen molar-refractivity contribution in [1.82, 2.24) is 5.32 Å². The molecule has 0 aliphatic heterocycles. The summed E-state index contributed by atoms with van der Waals surface area (Å²) in [6.45, 7) is 8.22. The van der Waals surface area contributed by atoms with Gasteiger partial charge < -0.3 is 24.6 Å². The van der Waals surface area contributed by atoms with Gasteiger partial charge in [-0.2, -0.15) is 0 Å². The van der Waals surface area contributed by atoms with Gasteiger partial charge in [-0.05, 0) is 75.2 Å². The van der Waals surface area contributed by atoms with E-state index in [0.717, 1.165) is 5.56 Å². The first-order valence-electron chi connectivity index (χ1n) is 10.9. The highest BCUT2D eigenvalue weighted by molar-refractivity contribution is 5.71. The van der Waals surface area contributed by atoms with Gasteiger partial charge in [-0.3, -0.25) is 0 Å². The van der Waals surface area contributed by atoms with Crippen LogP contribution in [0.2, 0.25) is 0 Å². The summed E-state index contributed by atoms with van der Waals surface area (Å²) in [5, 5.41) is 13.9.